The number of aryl methyl sites for hydroxylation is 1. The standard InChI is InChI=1S/C5H5N2.V/c1-5-2-3-6-7-4-5;/h3-4H,1H3;/q-1;/i1D;. The summed E-state index contributed by atoms with van der Waals surface area (Å²) in [5, 5.41) is 7.06. The molecule has 8 heavy (non-hydrogen) atoms. The summed E-state index contributed by atoms with van der Waals surface area (Å²) in [6.07, 6.45) is 3.00. The van der Waals surface area contributed by atoms with Gasteiger partial charge in [0.1, 0.15) is 0 Å². The van der Waals surface area contributed by atoms with E-state index in [-0.39, 0.29) is 25.5 Å². The van der Waals surface area contributed by atoms with Crippen molar-refractivity contribution in [3.8, 4) is 0 Å². The Kier molecular flexibility index (Phi) is 2.64. The third-order valence-electron chi connectivity index (χ3n) is 0.588. The minimum atomic E-state index is 0. The van der Waals surface area contributed by atoms with Gasteiger partial charge in [0.2, 0.25) is 0 Å². The number of rotatable bonds is 0. The van der Waals surface area contributed by atoms with Gasteiger partial charge in [0, 0.05) is 19.9 Å². The van der Waals surface area contributed by atoms with E-state index in [1.54, 1.807) is 0 Å². The summed E-state index contributed by atoms with van der Waals surface area (Å²) in [5.41, 5.74) is 0.778. The monoisotopic (exact) mass is 145 g/mol. The van der Waals surface area contributed by atoms with E-state index in [0.29, 0.717) is 0 Å². The second-order valence-corrected chi connectivity index (χ2v) is 1.16. The Balaban J connectivity index is 0.000000640. The molecule has 0 saturated carbocycles. The molecule has 1 aromatic heterocycles. The van der Waals surface area contributed by atoms with Crippen molar-refractivity contribution in [3.63, 3.8) is 0 Å². The van der Waals surface area contributed by atoms with Gasteiger partial charge in [-0.3, -0.25) is 5.10 Å². The van der Waals surface area contributed by atoms with Gasteiger partial charge in [-0.2, -0.15) is 5.10 Å². The molecule has 1 heterocycles. The molecule has 41 valence electrons. The van der Waals surface area contributed by atoms with E-state index in [4.69, 9.17) is 1.37 Å². The molecule has 2 nitrogen and oxygen atoms in total. The van der Waals surface area contributed by atoms with Gasteiger partial charge in [0.15, 0.2) is 0 Å². The molecule has 1 rings (SSSR count). The maximum absolute atomic E-state index is 6.84. The third kappa shape index (κ3) is 2.10. The Hall–Kier alpha value is -0.336. The first-order valence-electron chi connectivity index (χ1n) is 2.60. The molecular formula is C5H5N2V-. The molecule has 0 aliphatic carbocycles. The van der Waals surface area contributed by atoms with E-state index in [1.165, 1.54) is 12.4 Å². The summed E-state index contributed by atoms with van der Waals surface area (Å²) in [7, 11) is 0. The average Bonchev–Trinajstić information content (AvgIpc) is 1.90. The van der Waals surface area contributed by atoms with Gasteiger partial charge in [0.05, 0.1) is 0 Å². The Morgan fingerprint density at radius 2 is 2.62 bits per heavy atom. The molecule has 0 aliphatic rings. The van der Waals surface area contributed by atoms with Gasteiger partial charge >= 0.3 is 0 Å². The van der Waals surface area contributed by atoms with Crippen molar-refractivity contribution < 1.29 is 19.9 Å². The second kappa shape index (κ2) is 3.64. The molecule has 0 saturated heterocycles. The molecule has 3 heteroatoms. The Labute approximate surface area is 61.6 Å². The van der Waals surface area contributed by atoms with E-state index in [0.717, 1.165) is 5.56 Å². The van der Waals surface area contributed by atoms with Crippen molar-refractivity contribution >= 4 is 0 Å². The van der Waals surface area contributed by atoms with E-state index >= 15 is 0 Å². The summed E-state index contributed by atoms with van der Waals surface area (Å²) < 4.78 is 6.84. The number of aromatic nitrogens is 2. The zero-order valence-corrected chi connectivity index (χ0v) is 5.60. The van der Waals surface area contributed by atoms with Crippen LogP contribution in [0.5, 0.6) is 0 Å². The van der Waals surface area contributed by atoms with Crippen LogP contribution in [0.15, 0.2) is 12.4 Å². The van der Waals surface area contributed by atoms with Crippen LogP contribution in [0, 0.1) is 13.0 Å². The summed E-state index contributed by atoms with van der Waals surface area (Å²) in [6.45, 7) is 0.232. The van der Waals surface area contributed by atoms with Crippen molar-refractivity contribution in [2.75, 3.05) is 0 Å². The SMILES string of the molecule is [2H]Cc1[c-]cnnc1.[V]. The maximum Gasteiger partial charge on any atom is 0.0249 e. The molecule has 0 unspecified atom stereocenters. The molecule has 1 radical (unpaired) electrons. The van der Waals surface area contributed by atoms with Crippen LogP contribution >= 0.6 is 0 Å². The Morgan fingerprint density at radius 1 is 1.75 bits per heavy atom. The van der Waals surface area contributed by atoms with Crippen molar-refractivity contribution in [2.24, 2.45) is 0 Å². The molecule has 0 spiro atoms. The molecular weight excluding hydrogens is 139 g/mol. The van der Waals surface area contributed by atoms with Crippen molar-refractivity contribution in [1.29, 1.82) is 0 Å². The van der Waals surface area contributed by atoms with E-state index in [9.17, 15) is 0 Å². The van der Waals surface area contributed by atoms with Crippen LogP contribution in [0.25, 0.3) is 0 Å². The molecule has 0 N–H and O–H groups in total. The number of hydrogen-bond acceptors (Lipinski definition) is 2. The molecule has 0 aromatic carbocycles. The van der Waals surface area contributed by atoms with Crippen LogP contribution < -0.4 is 0 Å². The van der Waals surface area contributed by atoms with Crippen LogP contribution in [0.4, 0.5) is 0 Å². The smallest absolute Gasteiger partial charge is 0.0249 e. The van der Waals surface area contributed by atoms with Gasteiger partial charge < -0.3 is 0 Å². The van der Waals surface area contributed by atoms with E-state index in [1.807, 2.05) is 0 Å². The number of hydrogen-bond donors (Lipinski definition) is 0. The van der Waals surface area contributed by atoms with Crippen LogP contribution in [-0.4, -0.2) is 10.2 Å². The normalized spacial score (nSPS) is 9.25. The summed E-state index contributed by atoms with van der Waals surface area (Å²) in [5.74, 6) is 0. The molecule has 0 aliphatic heterocycles. The van der Waals surface area contributed by atoms with Gasteiger partial charge in [0.25, 0.3) is 0 Å². The molecule has 0 amide bonds. The van der Waals surface area contributed by atoms with E-state index in [2.05, 4.69) is 16.3 Å². The summed E-state index contributed by atoms with van der Waals surface area (Å²) in [4.78, 5) is 0. The fourth-order valence-corrected chi connectivity index (χ4v) is 0.285. The molecule has 0 fully saturated rings. The average molecular weight is 145 g/mol. The Morgan fingerprint density at radius 3 is 3.00 bits per heavy atom. The summed E-state index contributed by atoms with van der Waals surface area (Å²) in [6, 6.07) is 2.76. The van der Waals surface area contributed by atoms with E-state index < -0.39 is 0 Å². The fourth-order valence-electron chi connectivity index (χ4n) is 0.285. The first-order valence-corrected chi connectivity index (χ1v) is 1.90. The quantitative estimate of drug-likeness (QED) is 0.499. The molecule has 0 atom stereocenters. The molecule has 0 bridgehead atoms. The summed E-state index contributed by atoms with van der Waals surface area (Å²) >= 11 is 0. The fraction of sp³-hybridized carbons (Fsp3) is 0.200. The van der Waals surface area contributed by atoms with Crippen molar-refractivity contribution in [3.05, 3.63) is 24.0 Å². The maximum atomic E-state index is 6.84. The minimum Gasteiger partial charge on any atom is -0.258 e. The van der Waals surface area contributed by atoms with Crippen LogP contribution in [0.2, 0.25) is 0 Å². The first-order chi connectivity index (χ1) is 3.93. The van der Waals surface area contributed by atoms with Crippen LogP contribution in [0.3, 0.4) is 0 Å². The largest absolute Gasteiger partial charge is 0.258 e. The van der Waals surface area contributed by atoms with Gasteiger partial charge in [-0.05, 0) is 6.20 Å². The van der Waals surface area contributed by atoms with Crippen LogP contribution in [-0.2, 0) is 18.6 Å². The number of nitrogens with zero attached hydrogens (tertiary/aromatic N) is 2. The van der Waals surface area contributed by atoms with Gasteiger partial charge in [-0.15, -0.1) is 0 Å². The Bertz CT molecular complexity index is 156. The van der Waals surface area contributed by atoms with Crippen molar-refractivity contribution in [2.45, 2.75) is 6.90 Å². The predicted molar refractivity (Wildman–Crippen MR) is 25.6 cm³/mol. The third-order valence-corrected chi connectivity index (χ3v) is 0.588. The zero-order valence-electron chi connectivity index (χ0n) is 5.20. The molecule has 1 aromatic rings. The zero-order chi connectivity index (χ0) is 5.82. The van der Waals surface area contributed by atoms with Gasteiger partial charge in [-0.1, -0.05) is 13.1 Å². The second-order valence-electron chi connectivity index (χ2n) is 1.16. The first kappa shape index (κ1) is 5.79. The topological polar surface area (TPSA) is 25.8 Å². The van der Waals surface area contributed by atoms with Crippen LogP contribution in [0.1, 0.15) is 6.93 Å². The van der Waals surface area contributed by atoms with Crippen molar-refractivity contribution in [1.82, 2.24) is 10.2 Å². The minimum absolute atomic E-state index is 0. The predicted octanol–water partition coefficient (Wildman–Crippen LogP) is 0.583. The van der Waals surface area contributed by atoms with Gasteiger partial charge in [-0.25, -0.2) is 11.6 Å².